The molecule has 0 spiro atoms. The van der Waals surface area contributed by atoms with Gasteiger partial charge in [0.15, 0.2) is 0 Å². The molecule has 3 heteroatoms. The molecule has 0 amide bonds. The zero-order valence-corrected chi connectivity index (χ0v) is 11.6. The van der Waals surface area contributed by atoms with Crippen molar-refractivity contribution in [3.05, 3.63) is 0 Å². The van der Waals surface area contributed by atoms with E-state index in [-0.39, 0.29) is 0 Å². The molecule has 1 heterocycles. The maximum Gasteiger partial charge on any atom is 0.00725 e. The number of alkyl halides is 1. The first-order chi connectivity index (χ1) is 6.86. The molecule has 1 nitrogen and oxygen atoms in total. The molecular weight excluding hydrogens is 258 g/mol. The van der Waals surface area contributed by atoms with E-state index in [0.29, 0.717) is 0 Å². The Hall–Kier alpha value is 0.790. The van der Waals surface area contributed by atoms with E-state index in [4.69, 9.17) is 0 Å². The summed E-state index contributed by atoms with van der Waals surface area (Å²) in [5.74, 6) is 3.56. The lowest BCUT2D eigenvalue weighted by molar-refractivity contribution is 0.250. The molecular formula is C11H22BrNS. The highest BCUT2D eigenvalue weighted by molar-refractivity contribution is 9.09. The largest absolute Gasteiger partial charge is 0.302 e. The van der Waals surface area contributed by atoms with Gasteiger partial charge in [-0.2, -0.15) is 11.8 Å². The first-order valence-electron chi connectivity index (χ1n) is 5.73. The Bertz CT molecular complexity index is 135. The van der Waals surface area contributed by atoms with E-state index in [1.165, 1.54) is 55.7 Å². The van der Waals surface area contributed by atoms with Crippen molar-refractivity contribution in [3.8, 4) is 0 Å². The van der Waals surface area contributed by atoms with Gasteiger partial charge in [-0.15, -0.1) is 0 Å². The fourth-order valence-electron chi connectivity index (χ4n) is 1.97. The van der Waals surface area contributed by atoms with Gasteiger partial charge >= 0.3 is 0 Å². The molecule has 1 aliphatic heterocycles. The van der Waals surface area contributed by atoms with Crippen LogP contribution in [0, 0.1) is 5.92 Å². The normalized spacial score (nSPS) is 21.9. The maximum absolute atomic E-state index is 3.63. The van der Waals surface area contributed by atoms with Crippen LogP contribution in [0.3, 0.4) is 0 Å². The van der Waals surface area contributed by atoms with Crippen LogP contribution in [0.1, 0.15) is 26.2 Å². The van der Waals surface area contributed by atoms with Gasteiger partial charge in [0.05, 0.1) is 0 Å². The van der Waals surface area contributed by atoms with Crippen molar-refractivity contribution >= 4 is 27.7 Å². The van der Waals surface area contributed by atoms with Gasteiger partial charge in [0.25, 0.3) is 0 Å². The average Bonchev–Trinajstić information content (AvgIpc) is 2.45. The van der Waals surface area contributed by atoms with E-state index in [9.17, 15) is 0 Å². The second-order valence-electron chi connectivity index (χ2n) is 4.08. The molecule has 0 saturated carbocycles. The van der Waals surface area contributed by atoms with Crippen LogP contribution in [0.15, 0.2) is 0 Å². The Morgan fingerprint density at radius 2 is 2.21 bits per heavy atom. The van der Waals surface area contributed by atoms with E-state index in [0.717, 1.165) is 5.92 Å². The molecule has 1 fully saturated rings. The molecule has 84 valence electrons. The third-order valence-corrected chi connectivity index (χ3v) is 4.71. The second kappa shape index (κ2) is 8.00. The van der Waals surface area contributed by atoms with Crippen LogP contribution >= 0.6 is 27.7 Å². The number of hydrogen-bond donors (Lipinski definition) is 0. The van der Waals surface area contributed by atoms with Gasteiger partial charge in [0.2, 0.25) is 0 Å². The van der Waals surface area contributed by atoms with Gasteiger partial charge in [0.1, 0.15) is 0 Å². The minimum absolute atomic E-state index is 0.864. The molecule has 0 aromatic carbocycles. The summed E-state index contributed by atoms with van der Waals surface area (Å²) in [5, 5.41) is 1.17. The molecule has 0 aromatic heterocycles. The number of thioether (sulfide) groups is 1. The molecule has 0 bridgehead atoms. The molecule has 1 aliphatic rings. The highest BCUT2D eigenvalue weighted by Gasteiger charge is 2.14. The van der Waals surface area contributed by atoms with Crippen LogP contribution < -0.4 is 0 Å². The number of hydrogen-bond acceptors (Lipinski definition) is 2. The van der Waals surface area contributed by atoms with Crippen molar-refractivity contribution in [3.63, 3.8) is 0 Å². The fourth-order valence-corrected chi connectivity index (χ4v) is 3.42. The molecule has 0 N–H and O–H groups in total. The van der Waals surface area contributed by atoms with Crippen LogP contribution in [0.5, 0.6) is 0 Å². The molecule has 1 atom stereocenters. The molecule has 14 heavy (non-hydrogen) atoms. The summed E-state index contributed by atoms with van der Waals surface area (Å²) < 4.78 is 0. The van der Waals surface area contributed by atoms with Crippen molar-refractivity contribution < 1.29 is 0 Å². The summed E-state index contributed by atoms with van der Waals surface area (Å²) in [7, 11) is 0. The lowest BCUT2D eigenvalue weighted by Crippen LogP contribution is -2.32. The summed E-state index contributed by atoms with van der Waals surface area (Å²) in [5.41, 5.74) is 0. The van der Waals surface area contributed by atoms with Crippen LogP contribution in [-0.2, 0) is 0 Å². The van der Waals surface area contributed by atoms with Gasteiger partial charge in [-0.1, -0.05) is 29.3 Å². The van der Waals surface area contributed by atoms with E-state index >= 15 is 0 Å². The van der Waals surface area contributed by atoms with Crippen molar-refractivity contribution in [2.24, 2.45) is 5.92 Å². The number of halogens is 1. The molecule has 1 rings (SSSR count). The fraction of sp³-hybridized carbons (Fsp3) is 1.00. The van der Waals surface area contributed by atoms with Crippen molar-refractivity contribution in [2.45, 2.75) is 26.2 Å². The quantitative estimate of drug-likeness (QED) is 0.711. The first kappa shape index (κ1) is 12.9. The molecule has 0 aliphatic carbocycles. The standard InChI is InChI=1S/C11H22BrNS/c1-2-4-11(9-12)10-13-5-3-7-14-8-6-13/h11H,2-10H2,1H3. The predicted octanol–water partition coefficient (Wildman–Crippen LogP) is 3.24. The Morgan fingerprint density at radius 1 is 1.36 bits per heavy atom. The molecule has 0 radical (unpaired) electrons. The van der Waals surface area contributed by atoms with Crippen LogP contribution in [0.25, 0.3) is 0 Å². The third kappa shape index (κ3) is 5.04. The second-order valence-corrected chi connectivity index (χ2v) is 5.95. The lowest BCUT2D eigenvalue weighted by atomic mass is 10.1. The minimum Gasteiger partial charge on any atom is -0.302 e. The van der Waals surface area contributed by atoms with Gasteiger partial charge in [-0.25, -0.2) is 0 Å². The predicted molar refractivity (Wildman–Crippen MR) is 70.6 cm³/mol. The monoisotopic (exact) mass is 279 g/mol. The van der Waals surface area contributed by atoms with Crippen molar-refractivity contribution in [2.75, 3.05) is 36.5 Å². The van der Waals surface area contributed by atoms with Gasteiger partial charge in [-0.05, 0) is 31.1 Å². The maximum atomic E-state index is 3.63. The number of nitrogens with zero attached hydrogens (tertiary/aromatic N) is 1. The Labute approximate surface area is 101 Å². The summed E-state index contributed by atoms with van der Waals surface area (Å²) in [6.45, 7) is 6.21. The highest BCUT2D eigenvalue weighted by Crippen LogP contribution is 2.15. The number of rotatable bonds is 5. The van der Waals surface area contributed by atoms with Crippen molar-refractivity contribution in [1.82, 2.24) is 4.90 Å². The first-order valence-corrected chi connectivity index (χ1v) is 8.00. The Kier molecular flexibility index (Phi) is 7.35. The summed E-state index contributed by atoms with van der Waals surface area (Å²) in [6.07, 6.45) is 4.07. The SMILES string of the molecule is CCCC(CBr)CN1CCCSCC1. The van der Waals surface area contributed by atoms with E-state index in [2.05, 4.69) is 39.5 Å². The van der Waals surface area contributed by atoms with Crippen LogP contribution in [-0.4, -0.2) is 41.4 Å². The smallest absolute Gasteiger partial charge is 0.00725 e. The van der Waals surface area contributed by atoms with E-state index < -0.39 is 0 Å². The lowest BCUT2D eigenvalue weighted by Gasteiger charge is -2.24. The summed E-state index contributed by atoms with van der Waals surface area (Å²) >= 11 is 5.75. The average molecular weight is 280 g/mol. The molecule has 1 saturated heterocycles. The molecule has 1 unspecified atom stereocenters. The zero-order chi connectivity index (χ0) is 10.2. The Balaban J connectivity index is 2.24. The van der Waals surface area contributed by atoms with E-state index in [1.54, 1.807) is 0 Å². The molecule has 0 aromatic rings. The zero-order valence-electron chi connectivity index (χ0n) is 9.17. The van der Waals surface area contributed by atoms with E-state index in [1.807, 2.05) is 0 Å². The van der Waals surface area contributed by atoms with Gasteiger partial charge in [-0.3, -0.25) is 0 Å². The summed E-state index contributed by atoms with van der Waals surface area (Å²) in [6, 6.07) is 0. The van der Waals surface area contributed by atoms with Crippen molar-refractivity contribution in [1.29, 1.82) is 0 Å². The van der Waals surface area contributed by atoms with Crippen LogP contribution in [0.4, 0.5) is 0 Å². The van der Waals surface area contributed by atoms with Crippen LogP contribution in [0.2, 0.25) is 0 Å². The highest BCUT2D eigenvalue weighted by atomic mass is 79.9. The van der Waals surface area contributed by atoms with Gasteiger partial charge in [0, 0.05) is 24.2 Å². The topological polar surface area (TPSA) is 3.24 Å². The Morgan fingerprint density at radius 3 is 2.93 bits per heavy atom. The van der Waals surface area contributed by atoms with Gasteiger partial charge < -0.3 is 4.90 Å². The third-order valence-electron chi connectivity index (χ3n) is 2.75. The minimum atomic E-state index is 0.864. The summed E-state index contributed by atoms with van der Waals surface area (Å²) in [4.78, 5) is 2.65.